The summed E-state index contributed by atoms with van der Waals surface area (Å²) in [5, 5.41) is 3.04. The third kappa shape index (κ3) is 3.88. The van der Waals surface area contributed by atoms with Gasteiger partial charge in [0.15, 0.2) is 0 Å². The van der Waals surface area contributed by atoms with Crippen LogP contribution in [0.15, 0.2) is 48.5 Å². The fourth-order valence-electron chi connectivity index (χ4n) is 3.07. The molecule has 1 aromatic heterocycles. The van der Waals surface area contributed by atoms with E-state index in [2.05, 4.69) is 15.3 Å². The fraction of sp³-hybridized carbons (Fsp3) is 0.300. The molecule has 1 amide bonds. The van der Waals surface area contributed by atoms with Gasteiger partial charge >= 0.3 is 0 Å². The summed E-state index contributed by atoms with van der Waals surface area (Å²) < 4.78 is 0. The number of carbonyl (C=O) groups excluding carboxylic acids is 1. The van der Waals surface area contributed by atoms with Crippen molar-refractivity contribution >= 4 is 16.9 Å². The van der Waals surface area contributed by atoms with Gasteiger partial charge in [0.1, 0.15) is 11.9 Å². The minimum absolute atomic E-state index is 0.00964. The molecule has 0 aliphatic heterocycles. The molecule has 130 valence electrons. The number of aromatic amines is 1. The molecule has 0 bridgehead atoms. The van der Waals surface area contributed by atoms with Crippen LogP contribution in [0.2, 0.25) is 0 Å². The molecule has 0 unspecified atom stereocenters. The zero-order chi connectivity index (χ0) is 17.8. The Morgan fingerprint density at radius 3 is 2.60 bits per heavy atom. The molecule has 5 nitrogen and oxygen atoms in total. The van der Waals surface area contributed by atoms with Gasteiger partial charge in [-0.1, -0.05) is 36.4 Å². The molecule has 3 aromatic rings. The lowest BCUT2D eigenvalue weighted by Gasteiger charge is -2.25. The molecule has 0 spiro atoms. The molecule has 0 fully saturated rings. The number of carbonyl (C=O) groups is 1. The van der Waals surface area contributed by atoms with E-state index in [4.69, 9.17) is 0 Å². The molecular formula is C20H24N4O. The molecule has 2 aromatic carbocycles. The Morgan fingerprint density at radius 2 is 1.88 bits per heavy atom. The highest BCUT2D eigenvalue weighted by Gasteiger charge is 2.23. The molecule has 5 heteroatoms. The predicted molar refractivity (Wildman–Crippen MR) is 100 cm³/mol. The second kappa shape index (κ2) is 7.49. The Hall–Kier alpha value is -2.66. The number of imidazole rings is 1. The van der Waals surface area contributed by atoms with Gasteiger partial charge in [-0.2, -0.15) is 0 Å². The van der Waals surface area contributed by atoms with Crippen LogP contribution in [0.1, 0.15) is 23.0 Å². The minimum Gasteiger partial charge on any atom is -0.354 e. The standard InChI is InChI=1S/C20H24N4O/c1-14-8-4-5-9-15(14)19(24(2)3)20(25)21-13-12-18-22-16-10-6-7-11-17(16)23-18/h4-11,19H,12-13H2,1-3H3,(H,21,25)(H,22,23)/t19-/m1/s1. The molecule has 0 radical (unpaired) electrons. The van der Waals surface area contributed by atoms with Crippen LogP contribution in [0.5, 0.6) is 0 Å². The number of likely N-dealkylation sites (N-methyl/N-ethyl adjacent to an activating group) is 1. The summed E-state index contributed by atoms with van der Waals surface area (Å²) in [5.41, 5.74) is 4.13. The van der Waals surface area contributed by atoms with Crippen molar-refractivity contribution in [1.82, 2.24) is 20.2 Å². The van der Waals surface area contributed by atoms with E-state index in [9.17, 15) is 4.79 Å². The van der Waals surface area contributed by atoms with E-state index in [1.807, 2.05) is 74.4 Å². The van der Waals surface area contributed by atoms with Crippen LogP contribution < -0.4 is 5.32 Å². The van der Waals surface area contributed by atoms with Crippen molar-refractivity contribution in [3.63, 3.8) is 0 Å². The normalized spacial score (nSPS) is 12.5. The number of aryl methyl sites for hydroxylation is 1. The number of aromatic nitrogens is 2. The van der Waals surface area contributed by atoms with Gasteiger partial charge in [-0.25, -0.2) is 4.98 Å². The van der Waals surface area contributed by atoms with Gasteiger partial charge in [-0.15, -0.1) is 0 Å². The predicted octanol–water partition coefficient (Wildman–Crippen LogP) is 2.83. The van der Waals surface area contributed by atoms with Gasteiger partial charge in [0.25, 0.3) is 0 Å². The van der Waals surface area contributed by atoms with Gasteiger partial charge < -0.3 is 10.3 Å². The Kier molecular flexibility index (Phi) is 5.14. The third-order valence-electron chi connectivity index (χ3n) is 4.35. The first kappa shape index (κ1) is 17.2. The average molecular weight is 336 g/mol. The number of H-pyrrole nitrogens is 1. The largest absolute Gasteiger partial charge is 0.354 e. The highest BCUT2D eigenvalue weighted by Crippen LogP contribution is 2.21. The molecule has 25 heavy (non-hydrogen) atoms. The lowest BCUT2D eigenvalue weighted by molar-refractivity contribution is -0.125. The second-order valence-corrected chi connectivity index (χ2v) is 6.46. The lowest BCUT2D eigenvalue weighted by atomic mass is 10.00. The van der Waals surface area contributed by atoms with E-state index >= 15 is 0 Å². The average Bonchev–Trinajstić information content (AvgIpc) is 2.99. The smallest absolute Gasteiger partial charge is 0.241 e. The Balaban J connectivity index is 1.65. The molecule has 1 atom stereocenters. The number of fused-ring (bicyclic) bond motifs is 1. The Labute approximate surface area is 148 Å². The van der Waals surface area contributed by atoms with Gasteiger partial charge in [0.05, 0.1) is 11.0 Å². The summed E-state index contributed by atoms with van der Waals surface area (Å²) in [7, 11) is 3.85. The van der Waals surface area contributed by atoms with E-state index in [1.54, 1.807) is 0 Å². The molecule has 0 aliphatic rings. The number of para-hydroxylation sites is 2. The first-order valence-corrected chi connectivity index (χ1v) is 8.49. The van der Waals surface area contributed by atoms with E-state index in [0.717, 1.165) is 28.0 Å². The Morgan fingerprint density at radius 1 is 1.16 bits per heavy atom. The maximum atomic E-state index is 12.7. The van der Waals surface area contributed by atoms with Crippen LogP contribution in [0.4, 0.5) is 0 Å². The van der Waals surface area contributed by atoms with Gasteiger partial charge in [0.2, 0.25) is 5.91 Å². The van der Waals surface area contributed by atoms with Crippen molar-refractivity contribution in [2.45, 2.75) is 19.4 Å². The van der Waals surface area contributed by atoms with Crippen molar-refractivity contribution in [3.05, 3.63) is 65.5 Å². The number of benzene rings is 2. The number of hydrogen-bond acceptors (Lipinski definition) is 3. The summed E-state index contributed by atoms with van der Waals surface area (Å²) in [6.45, 7) is 2.59. The molecule has 1 heterocycles. The van der Waals surface area contributed by atoms with Crippen LogP contribution >= 0.6 is 0 Å². The van der Waals surface area contributed by atoms with Crippen molar-refractivity contribution in [1.29, 1.82) is 0 Å². The topological polar surface area (TPSA) is 61.0 Å². The first-order valence-electron chi connectivity index (χ1n) is 8.49. The van der Waals surface area contributed by atoms with E-state index < -0.39 is 0 Å². The molecular weight excluding hydrogens is 312 g/mol. The van der Waals surface area contributed by atoms with Gasteiger partial charge in [-0.3, -0.25) is 9.69 Å². The second-order valence-electron chi connectivity index (χ2n) is 6.46. The van der Waals surface area contributed by atoms with Gasteiger partial charge in [-0.05, 0) is 44.3 Å². The highest BCUT2D eigenvalue weighted by molar-refractivity contribution is 5.83. The maximum Gasteiger partial charge on any atom is 0.241 e. The van der Waals surface area contributed by atoms with Crippen LogP contribution in [0.25, 0.3) is 11.0 Å². The van der Waals surface area contributed by atoms with Crippen LogP contribution in [-0.4, -0.2) is 41.4 Å². The summed E-state index contributed by atoms with van der Waals surface area (Å²) in [6, 6.07) is 15.7. The van der Waals surface area contributed by atoms with Crippen molar-refractivity contribution in [3.8, 4) is 0 Å². The van der Waals surface area contributed by atoms with Crippen LogP contribution in [0, 0.1) is 6.92 Å². The van der Waals surface area contributed by atoms with Crippen LogP contribution in [0.3, 0.4) is 0 Å². The van der Waals surface area contributed by atoms with Crippen molar-refractivity contribution < 1.29 is 4.79 Å². The third-order valence-corrected chi connectivity index (χ3v) is 4.35. The van der Waals surface area contributed by atoms with Crippen LogP contribution in [-0.2, 0) is 11.2 Å². The van der Waals surface area contributed by atoms with Crippen molar-refractivity contribution in [2.24, 2.45) is 0 Å². The number of nitrogens with one attached hydrogen (secondary N) is 2. The summed E-state index contributed by atoms with van der Waals surface area (Å²) in [4.78, 5) is 22.5. The number of amides is 1. The molecule has 3 rings (SSSR count). The summed E-state index contributed by atoms with van der Waals surface area (Å²) in [6.07, 6.45) is 0.675. The summed E-state index contributed by atoms with van der Waals surface area (Å²) >= 11 is 0. The van der Waals surface area contributed by atoms with Crippen molar-refractivity contribution in [2.75, 3.05) is 20.6 Å². The SMILES string of the molecule is Cc1ccccc1[C@H](C(=O)NCCc1nc2ccccc2[nH]1)N(C)C. The maximum absolute atomic E-state index is 12.7. The molecule has 0 saturated heterocycles. The van der Waals surface area contributed by atoms with E-state index in [-0.39, 0.29) is 11.9 Å². The minimum atomic E-state index is -0.295. The number of rotatable bonds is 6. The highest BCUT2D eigenvalue weighted by atomic mass is 16.2. The van der Waals surface area contributed by atoms with Gasteiger partial charge in [0, 0.05) is 13.0 Å². The number of nitrogens with zero attached hydrogens (tertiary/aromatic N) is 2. The summed E-state index contributed by atoms with van der Waals surface area (Å²) in [5.74, 6) is 0.897. The zero-order valence-electron chi connectivity index (χ0n) is 14.9. The molecule has 0 saturated carbocycles. The van der Waals surface area contributed by atoms with E-state index in [1.165, 1.54) is 0 Å². The fourth-order valence-corrected chi connectivity index (χ4v) is 3.07. The first-order chi connectivity index (χ1) is 12.1. The quantitative estimate of drug-likeness (QED) is 0.728. The van der Waals surface area contributed by atoms with E-state index in [0.29, 0.717) is 13.0 Å². The molecule has 0 aliphatic carbocycles. The zero-order valence-corrected chi connectivity index (χ0v) is 14.9. The molecule has 2 N–H and O–H groups in total. The monoisotopic (exact) mass is 336 g/mol. The Bertz CT molecular complexity index is 836. The lowest BCUT2D eigenvalue weighted by Crippen LogP contribution is -2.38. The number of hydrogen-bond donors (Lipinski definition) is 2.